The van der Waals surface area contributed by atoms with E-state index in [2.05, 4.69) is 0 Å². The Bertz CT molecular complexity index is 337. The summed E-state index contributed by atoms with van der Waals surface area (Å²) in [7, 11) is 1.44. The number of hydrogen-bond acceptors (Lipinski definition) is 5. The molecule has 15 heavy (non-hydrogen) atoms. The number of fused-ring (bicyclic) bond motifs is 1. The normalized spacial score (nSPS) is 43.8. The van der Waals surface area contributed by atoms with Crippen LogP contribution in [0.5, 0.6) is 0 Å². The van der Waals surface area contributed by atoms with E-state index >= 15 is 0 Å². The summed E-state index contributed by atoms with van der Waals surface area (Å²) >= 11 is 1.29. The predicted octanol–water partition coefficient (Wildman–Crippen LogP) is -0.955. The van der Waals surface area contributed by atoms with Crippen molar-refractivity contribution in [3.8, 4) is 0 Å². The van der Waals surface area contributed by atoms with Gasteiger partial charge in [0.2, 0.25) is 5.91 Å². The summed E-state index contributed by atoms with van der Waals surface area (Å²) < 4.78 is 5.18. The van der Waals surface area contributed by atoms with E-state index in [1.807, 2.05) is 0 Å². The number of nitrogens with zero attached hydrogens (tertiary/aromatic N) is 1. The van der Waals surface area contributed by atoms with Gasteiger partial charge >= 0.3 is 5.97 Å². The van der Waals surface area contributed by atoms with E-state index in [0.717, 1.165) is 0 Å². The van der Waals surface area contributed by atoms with Gasteiger partial charge in [-0.05, 0) is 6.92 Å². The molecule has 2 aliphatic heterocycles. The summed E-state index contributed by atoms with van der Waals surface area (Å²) in [5.41, 5.74) is 5.58. The number of aliphatic carboxylic acids is 1. The van der Waals surface area contributed by atoms with Crippen LogP contribution in [0.4, 0.5) is 0 Å². The molecule has 0 saturated carbocycles. The van der Waals surface area contributed by atoms with Gasteiger partial charge in [-0.15, -0.1) is 0 Å². The van der Waals surface area contributed by atoms with E-state index in [9.17, 15) is 9.59 Å². The molecule has 7 heteroatoms. The van der Waals surface area contributed by atoms with E-state index in [1.54, 1.807) is 6.92 Å². The number of thioether (sulfide) groups is 1. The lowest BCUT2D eigenvalue weighted by molar-refractivity contribution is -0.164. The van der Waals surface area contributed by atoms with Gasteiger partial charge in [0.05, 0.1) is 0 Å². The Hall–Kier alpha value is -0.790. The van der Waals surface area contributed by atoms with E-state index in [1.165, 1.54) is 23.8 Å². The number of carbonyl (C=O) groups is 2. The van der Waals surface area contributed by atoms with Crippen LogP contribution in [-0.4, -0.2) is 51.4 Å². The zero-order valence-corrected chi connectivity index (χ0v) is 9.15. The quantitative estimate of drug-likeness (QED) is 0.596. The fraction of sp³-hybridized carbons (Fsp3) is 0.750. The highest BCUT2D eigenvalue weighted by molar-refractivity contribution is 8.01. The van der Waals surface area contributed by atoms with Gasteiger partial charge in [-0.25, -0.2) is 4.79 Å². The zero-order valence-electron chi connectivity index (χ0n) is 8.34. The molecule has 0 aromatic heterocycles. The fourth-order valence-electron chi connectivity index (χ4n) is 1.97. The number of methoxy groups -OCH3 is 1. The summed E-state index contributed by atoms with van der Waals surface area (Å²) in [6.45, 7) is 1.66. The van der Waals surface area contributed by atoms with E-state index in [4.69, 9.17) is 15.6 Å². The van der Waals surface area contributed by atoms with Crippen LogP contribution in [0, 0.1) is 0 Å². The van der Waals surface area contributed by atoms with Crippen molar-refractivity contribution in [3.05, 3.63) is 0 Å². The molecule has 6 nitrogen and oxygen atoms in total. The number of ether oxygens (including phenoxy) is 1. The first-order valence-electron chi connectivity index (χ1n) is 4.46. The molecule has 2 fully saturated rings. The second-order valence-corrected chi connectivity index (χ2v) is 5.27. The number of hydrogen-bond donors (Lipinski definition) is 2. The van der Waals surface area contributed by atoms with Gasteiger partial charge < -0.3 is 20.5 Å². The minimum absolute atomic E-state index is 0.274. The standard InChI is InChI=1S/C8H12N2O4S/c1-8(14-2)4(7(12)13)10-5(11)3(9)6(10)15-8/h3-4,6H,9H2,1-2H3,(H,12,13)/t3?,4?,6-,8?/m1/s1. The molecule has 0 spiro atoms. The number of carbonyl (C=O) groups excluding carboxylic acids is 1. The molecule has 0 aromatic rings. The van der Waals surface area contributed by atoms with Crippen LogP contribution in [0.2, 0.25) is 0 Å². The van der Waals surface area contributed by atoms with Crippen LogP contribution >= 0.6 is 11.8 Å². The number of carboxylic acid groups (broad SMARTS) is 1. The SMILES string of the molecule is COC1(C)S[C@@H]2C(N)C(=O)N2C1C(=O)O. The van der Waals surface area contributed by atoms with Crippen LogP contribution in [0.25, 0.3) is 0 Å². The Morgan fingerprint density at radius 2 is 2.33 bits per heavy atom. The van der Waals surface area contributed by atoms with Gasteiger partial charge in [0, 0.05) is 7.11 Å². The molecule has 1 amide bonds. The number of rotatable bonds is 2. The van der Waals surface area contributed by atoms with Crippen molar-refractivity contribution in [2.45, 2.75) is 29.3 Å². The number of amides is 1. The molecule has 84 valence electrons. The van der Waals surface area contributed by atoms with Crippen LogP contribution in [0.15, 0.2) is 0 Å². The summed E-state index contributed by atoms with van der Waals surface area (Å²) in [6, 6.07) is -1.56. The molecule has 3 unspecified atom stereocenters. The monoisotopic (exact) mass is 232 g/mol. The third-order valence-electron chi connectivity index (χ3n) is 2.89. The average molecular weight is 232 g/mol. The van der Waals surface area contributed by atoms with E-state index in [-0.39, 0.29) is 11.3 Å². The maximum absolute atomic E-state index is 11.4. The molecule has 0 bridgehead atoms. The Labute approximate surface area is 90.7 Å². The smallest absolute Gasteiger partial charge is 0.330 e. The van der Waals surface area contributed by atoms with Gasteiger partial charge in [0.15, 0.2) is 6.04 Å². The lowest BCUT2D eigenvalue weighted by Gasteiger charge is -2.41. The second-order valence-electron chi connectivity index (χ2n) is 3.74. The molecular weight excluding hydrogens is 220 g/mol. The summed E-state index contributed by atoms with van der Waals surface area (Å²) in [6.07, 6.45) is 0. The van der Waals surface area contributed by atoms with Gasteiger partial charge in [0.25, 0.3) is 0 Å². The maximum Gasteiger partial charge on any atom is 0.330 e. The molecule has 2 aliphatic rings. The van der Waals surface area contributed by atoms with Crippen LogP contribution in [0.3, 0.4) is 0 Å². The van der Waals surface area contributed by atoms with Crippen LogP contribution in [0.1, 0.15) is 6.92 Å². The summed E-state index contributed by atoms with van der Waals surface area (Å²) in [5.74, 6) is -1.38. The van der Waals surface area contributed by atoms with Crippen molar-refractivity contribution in [1.82, 2.24) is 4.90 Å². The molecule has 0 aromatic carbocycles. The lowest BCUT2D eigenvalue weighted by Crippen LogP contribution is -2.68. The largest absolute Gasteiger partial charge is 0.480 e. The van der Waals surface area contributed by atoms with Gasteiger partial charge in [0.1, 0.15) is 16.3 Å². The highest BCUT2D eigenvalue weighted by Crippen LogP contribution is 2.50. The molecule has 2 rings (SSSR count). The second kappa shape index (κ2) is 3.10. The minimum atomic E-state index is -1.06. The highest BCUT2D eigenvalue weighted by atomic mass is 32.2. The molecule has 2 heterocycles. The molecule has 3 N–H and O–H groups in total. The summed E-state index contributed by atoms with van der Waals surface area (Å²) in [4.78, 5) is 22.9. The van der Waals surface area contributed by atoms with Crippen LogP contribution in [-0.2, 0) is 14.3 Å². The van der Waals surface area contributed by atoms with Gasteiger partial charge in [-0.2, -0.15) is 0 Å². The van der Waals surface area contributed by atoms with Gasteiger partial charge in [-0.3, -0.25) is 4.79 Å². The first kappa shape index (κ1) is 10.7. The van der Waals surface area contributed by atoms with Crippen molar-refractivity contribution < 1.29 is 19.4 Å². The minimum Gasteiger partial charge on any atom is -0.480 e. The topological polar surface area (TPSA) is 92.9 Å². The molecule has 4 atom stereocenters. The number of nitrogens with two attached hydrogens (primary N) is 1. The molecule has 0 radical (unpaired) electrons. The molecule has 0 aliphatic carbocycles. The molecule has 2 saturated heterocycles. The summed E-state index contributed by atoms with van der Waals surface area (Å²) in [5, 5.41) is 8.80. The first-order chi connectivity index (χ1) is 6.92. The van der Waals surface area contributed by atoms with E-state index in [0.29, 0.717) is 0 Å². The van der Waals surface area contributed by atoms with Crippen molar-refractivity contribution in [3.63, 3.8) is 0 Å². The predicted molar refractivity (Wildman–Crippen MR) is 53.0 cm³/mol. The molecular formula is C8H12N2O4S. The Morgan fingerprint density at radius 3 is 2.80 bits per heavy atom. The Morgan fingerprint density at radius 1 is 1.73 bits per heavy atom. The average Bonchev–Trinajstić information content (AvgIpc) is 2.49. The Kier molecular flexibility index (Phi) is 2.21. The third-order valence-corrected chi connectivity index (χ3v) is 4.51. The van der Waals surface area contributed by atoms with Crippen LogP contribution < -0.4 is 5.73 Å². The highest BCUT2D eigenvalue weighted by Gasteiger charge is 2.65. The van der Waals surface area contributed by atoms with Crippen molar-refractivity contribution >= 4 is 23.6 Å². The maximum atomic E-state index is 11.4. The van der Waals surface area contributed by atoms with Gasteiger partial charge in [-0.1, -0.05) is 11.8 Å². The number of carboxylic acids is 1. The number of β-lactam (4-membered cyclic amide) rings is 1. The first-order valence-corrected chi connectivity index (χ1v) is 5.34. The zero-order chi connectivity index (χ0) is 11.4. The fourth-order valence-corrected chi connectivity index (χ4v) is 3.50. The van der Waals surface area contributed by atoms with Crippen molar-refractivity contribution in [1.29, 1.82) is 0 Å². The third kappa shape index (κ3) is 1.20. The Balaban J connectivity index is 2.33. The lowest BCUT2D eigenvalue weighted by atomic mass is 10.0. The van der Waals surface area contributed by atoms with E-state index < -0.39 is 23.0 Å². The van der Waals surface area contributed by atoms with Crippen molar-refractivity contribution in [2.24, 2.45) is 5.73 Å². The van der Waals surface area contributed by atoms with Crippen molar-refractivity contribution in [2.75, 3.05) is 7.11 Å².